The molecule has 3 aromatic rings. The summed E-state index contributed by atoms with van der Waals surface area (Å²) in [6.07, 6.45) is 0. The SMILES string of the molecule is O=c1oc2cc(ccc2O)c(=O)oc2cc1cc(O)c2O. The van der Waals surface area contributed by atoms with E-state index in [0.717, 1.165) is 18.2 Å². The molecule has 4 bridgehead atoms. The third kappa shape index (κ3) is 2.10. The topological polar surface area (TPSA) is 121 Å². The van der Waals surface area contributed by atoms with Crippen LogP contribution in [0.2, 0.25) is 0 Å². The van der Waals surface area contributed by atoms with Crippen LogP contribution in [0.1, 0.15) is 0 Å². The van der Waals surface area contributed by atoms with Crippen LogP contribution in [0.5, 0.6) is 17.2 Å². The van der Waals surface area contributed by atoms with Crippen LogP contribution in [0.3, 0.4) is 0 Å². The molecule has 0 spiro atoms. The quantitative estimate of drug-likeness (QED) is 0.537. The van der Waals surface area contributed by atoms with E-state index in [2.05, 4.69) is 0 Å². The van der Waals surface area contributed by atoms with Crippen LogP contribution in [0.15, 0.2) is 48.8 Å². The molecule has 3 rings (SSSR count). The highest BCUT2D eigenvalue weighted by Crippen LogP contribution is 2.30. The van der Waals surface area contributed by atoms with Crippen LogP contribution in [0.4, 0.5) is 0 Å². The zero-order chi connectivity index (χ0) is 15.1. The lowest BCUT2D eigenvalue weighted by Crippen LogP contribution is -1.99. The van der Waals surface area contributed by atoms with Gasteiger partial charge in [-0.2, -0.15) is 0 Å². The molecule has 1 aromatic heterocycles. The smallest absolute Gasteiger partial charge is 0.343 e. The summed E-state index contributed by atoms with van der Waals surface area (Å²) in [7, 11) is 0. The summed E-state index contributed by atoms with van der Waals surface area (Å²) in [6.45, 7) is 0. The molecular formula is C14H8O7. The Hall–Kier alpha value is -3.22. The van der Waals surface area contributed by atoms with Gasteiger partial charge >= 0.3 is 11.3 Å². The minimum absolute atomic E-state index is 0.00166. The predicted molar refractivity (Wildman–Crippen MR) is 72.3 cm³/mol. The average Bonchev–Trinajstić information content (AvgIpc) is 2.45. The molecule has 7 nitrogen and oxygen atoms in total. The minimum Gasteiger partial charge on any atom is -0.504 e. The summed E-state index contributed by atoms with van der Waals surface area (Å²) in [5, 5.41) is 28.6. The molecule has 0 unspecified atom stereocenters. The van der Waals surface area contributed by atoms with Gasteiger partial charge in [-0.05, 0) is 30.3 Å². The standard InChI is InChI=1S/C14H8O7/c15-8-2-1-6-4-10(8)20-14(19)7-3-9(16)12(17)11(5-7)21-13(6)18/h1-5,15-17H. The second-order valence-corrected chi connectivity index (χ2v) is 4.30. The number of aromatic hydroxyl groups is 3. The molecule has 1 heterocycles. The molecule has 0 atom stereocenters. The molecule has 0 radical (unpaired) electrons. The van der Waals surface area contributed by atoms with Gasteiger partial charge in [-0.3, -0.25) is 0 Å². The second-order valence-electron chi connectivity index (χ2n) is 4.30. The summed E-state index contributed by atoms with van der Waals surface area (Å²) in [6, 6.07) is 5.58. The third-order valence-electron chi connectivity index (χ3n) is 2.89. The van der Waals surface area contributed by atoms with E-state index in [1.165, 1.54) is 12.1 Å². The first-order valence-electron chi connectivity index (χ1n) is 5.79. The zero-order valence-electron chi connectivity index (χ0n) is 10.4. The van der Waals surface area contributed by atoms with Gasteiger partial charge < -0.3 is 24.2 Å². The van der Waals surface area contributed by atoms with Gasteiger partial charge in [0, 0.05) is 0 Å². The van der Waals surface area contributed by atoms with Crippen LogP contribution in [-0.2, 0) is 0 Å². The molecule has 0 amide bonds. The monoisotopic (exact) mass is 288 g/mol. The van der Waals surface area contributed by atoms with Crippen molar-refractivity contribution in [3.8, 4) is 17.2 Å². The maximum absolute atomic E-state index is 11.9. The van der Waals surface area contributed by atoms with E-state index in [0.29, 0.717) is 0 Å². The molecule has 0 aliphatic heterocycles. The van der Waals surface area contributed by atoms with Gasteiger partial charge in [0.2, 0.25) is 5.75 Å². The number of phenols is 3. The maximum Gasteiger partial charge on any atom is 0.343 e. The van der Waals surface area contributed by atoms with Crippen molar-refractivity contribution in [3.05, 3.63) is 51.2 Å². The van der Waals surface area contributed by atoms with E-state index in [1.807, 2.05) is 0 Å². The fraction of sp³-hybridized carbons (Fsp3) is 0. The lowest BCUT2D eigenvalue weighted by Gasteiger charge is -1.99. The van der Waals surface area contributed by atoms with E-state index in [4.69, 9.17) is 8.83 Å². The zero-order valence-corrected chi connectivity index (χ0v) is 10.4. The van der Waals surface area contributed by atoms with Gasteiger partial charge in [0.05, 0.1) is 10.8 Å². The summed E-state index contributed by atoms with van der Waals surface area (Å²) >= 11 is 0. The summed E-state index contributed by atoms with van der Waals surface area (Å²) in [5.41, 5.74) is -2.33. The Balaban J connectivity index is 2.68. The maximum atomic E-state index is 11.9. The summed E-state index contributed by atoms with van der Waals surface area (Å²) in [5.74, 6) is -1.64. The predicted octanol–water partition coefficient (Wildman–Crippen LogP) is 1.58. The van der Waals surface area contributed by atoms with Gasteiger partial charge in [-0.25, -0.2) is 9.59 Å². The van der Waals surface area contributed by atoms with E-state index in [1.54, 1.807) is 0 Å². The number of fused-ring (bicyclic) bond motifs is 4. The molecule has 2 aromatic carbocycles. The lowest BCUT2D eigenvalue weighted by molar-refractivity contribution is 0.397. The van der Waals surface area contributed by atoms with Gasteiger partial charge in [-0.1, -0.05) is 0 Å². The number of hydrogen-bond acceptors (Lipinski definition) is 7. The fourth-order valence-electron chi connectivity index (χ4n) is 1.83. The average molecular weight is 288 g/mol. The Bertz CT molecular complexity index is 1010. The van der Waals surface area contributed by atoms with Crippen molar-refractivity contribution in [1.82, 2.24) is 0 Å². The van der Waals surface area contributed by atoms with Crippen molar-refractivity contribution in [2.24, 2.45) is 0 Å². The molecule has 0 aliphatic rings. The van der Waals surface area contributed by atoms with Crippen LogP contribution < -0.4 is 11.3 Å². The highest BCUT2D eigenvalue weighted by Gasteiger charge is 2.09. The fourth-order valence-corrected chi connectivity index (χ4v) is 1.83. The van der Waals surface area contributed by atoms with E-state index in [9.17, 15) is 24.9 Å². The first kappa shape index (κ1) is 12.8. The number of hydrogen-bond donors (Lipinski definition) is 3. The first-order valence-corrected chi connectivity index (χ1v) is 5.79. The van der Waals surface area contributed by atoms with Crippen molar-refractivity contribution in [2.75, 3.05) is 0 Å². The van der Waals surface area contributed by atoms with Crippen molar-refractivity contribution in [3.63, 3.8) is 0 Å². The van der Waals surface area contributed by atoms with Gasteiger partial charge in [0.1, 0.15) is 0 Å². The normalized spacial score (nSPS) is 10.9. The van der Waals surface area contributed by atoms with Crippen LogP contribution in [0.25, 0.3) is 21.9 Å². The highest BCUT2D eigenvalue weighted by molar-refractivity contribution is 5.74. The van der Waals surface area contributed by atoms with Gasteiger partial charge in [0.25, 0.3) is 0 Å². The largest absolute Gasteiger partial charge is 0.504 e. The molecule has 0 saturated carbocycles. The Morgan fingerprint density at radius 1 is 0.714 bits per heavy atom. The Labute approximate surface area is 115 Å². The highest BCUT2D eigenvalue weighted by atomic mass is 16.4. The van der Waals surface area contributed by atoms with E-state index in [-0.39, 0.29) is 27.7 Å². The molecule has 0 fully saturated rings. The molecule has 0 saturated heterocycles. The van der Waals surface area contributed by atoms with E-state index >= 15 is 0 Å². The second kappa shape index (κ2) is 4.41. The Morgan fingerprint density at radius 3 is 2.10 bits per heavy atom. The lowest BCUT2D eigenvalue weighted by atomic mass is 10.2. The molecule has 21 heavy (non-hydrogen) atoms. The number of phenolic OH excluding ortho intramolecular Hbond substituents is 3. The Morgan fingerprint density at radius 2 is 1.33 bits per heavy atom. The number of rotatable bonds is 0. The summed E-state index contributed by atoms with van der Waals surface area (Å²) in [4.78, 5) is 23.9. The number of benzene rings is 2. The van der Waals surface area contributed by atoms with Gasteiger partial charge in [0.15, 0.2) is 22.7 Å². The molecule has 106 valence electrons. The van der Waals surface area contributed by atoms with E-state index < -0.39 is 22.8 Å². The van der Waals surface area contributed by atoms with Crippen LogP contribution in [0, 0.1) is 0 Å². The van der Waals surface area contributed by atoms with Gasteiger partial charge in [-0.15, -0.1) is 0 Å². The molecule has 0 aliphatic carbocycles. The van der Waals surface area contributed by atoms with Crippen molar-refractivity contribution < 1.29 is 24.2 Å². The summed E-state index contributed by atoms with van der Waals surface area (Å²) < 4.78 is 9.89. The minimum atomic E-state index is -0.892. The third-order valence-corrected chi connectivity index (χ3v) is 2.89. The van der Waals surface area contributed by atoms with Crippen molar-refractivity contribution in [2.45, 2.75) is 0 Å². The van der Waals surface area contributed by atoms with Crippen molar-refractivity contribution >= 4 is 21.9 Å². The molecule has 3 N–H and O–H groups in total. The van der Waals surface area contributed by atoms with Crippen LogP contribution >= 0.6 is 0 Å². The molecular weight excluding hydrogens is 280 g/mol. The van der Waals surface area contributed by atoms with Crippen molar-refractivity contribution in [1.29, 1.82) is 0 Å². The first-order chi connectivity index (χ1) is 9.95. The Kier molecular flexibility index (Phi) is 2.69. The van der Waals surface area contributed by atoms with Crippen LogP contribution in [-0.4, -0.2) is 15.3 Å². The molecule has 7 heteroatoms.